The molecule has 2 N–H and O–H groups in total. The molecule has 0 heterocycles. The highest BCUT2D eigenvalue weighted by molar-refractivity contribution is 5.87. The van der Waals surface area contributed by atoms with Crippen LogP contribution >= 0.6 is 0 Å². The monoisotopic (exact) mass is 271 g/mol. The van der Waals surface area contributed by atoms with Crippen LogP contribution in [0.1, 0.15) is 39.0 Å². The molecule has 1 amide bonds. The minimum Gasteiger partial charge on any atom is -0.481 e. The summed E-state index contributed by atoms with van der Waals surface area (Å²) in [4.78, 5) is 35.6. The van der Waals surface area contributed by atoms with E-state index in [0.29, 0.717) is 25.8 Å². The molecule has 1 aliphatic rings. The molecule has 19 heavy (non-hydrogen) atoms. The molecule has 0 aromatic heterocycles. The Morgan fingerprint density at radius 3 is 2.16 bits per heavy atom. The van der Waals surface area contributed by atoms with Gasteiger partial charge in [0.15, 0.2) is 0 Å². The lowest BCUT2D eigenvalue weighted by molar-refractivity contribution is -0.154. The first-order chi connectivity index (χ1) is 8.97. The number of carbonyl (C=O) groups excluding carboxylic acids is 1. The Balaban J connectivity index is 2.80. The highest BCUT2D eigenvalue weighted by Crippen LogP contribution is 2.31. The second-order valence-corrected chi connectivity index (χ2v) is 4.99. The van der Waals surface area contributed by atoms with Crippen LogP contribution in [0.25, 0.3) is 0 Å². The standard InChI is InChI=1S/C13H21NO5/c1-2-7-14(8-11(15)16)12(17)9-5-3-4-6-10(9)13(18)19/h9-10H,2-8H2,1H3,(H,15,16)(H,18,19). The van der Waals surface area contributed by atoms with E-state index in [0.717, 1.165) is 12.8 Å². The van der Waals surface area contributed by atoms with E-state index < -0.39 is 23.8 Å². The molecule has 1 aliphatic carbocycles. The molecule has 0 aromatic carbocycles. The van der Waals surface area contributed by atoms with E-state index in [-0.39, 0.29) is 12.5 Å². The van der Waals surface area contributed by atoms with Gasteiger partial charge in [0.1, 0.15) is 6.54 Å². The highest BCUT2D eigenvalue weighted by Gasteiger charge is 2.37. The Morgan fingerprint density at radius 2 is 1.68 bits per heavy atom. The molecule has 1 fully saturated rings. The lowest BCUT2D eigenvalue weighted by Crippen LogP contribution is -2.44. The first kappa shape index (κ1) is 15.5. The maximum Gasteiger partial charge on any atom is 0.323 e. The van der Waals surface area contributed by atoms with Crippen molar-refractivity contribution in [1.82, 2.24) is 4.90 Å². The Labute approximate surface area is 112 Å². The summed E-state index contributed by atoms with van der Waals surface area (Å²) in [5, 5.41) is 18.0. The summed E-state index contributed by atoms with van der Waals surface area (Å²) >= 11 is 0. The fraction of sp³-hybridized carbons (Fsp3) is 0.769. The van der Waals surface area contributed by atoms with E-state index in [1.165, 1.54) is 4.90 Å². The zero-order chi connectivity index (χ0) is 14.4. The summed E-state index contributed by atoms with van der Waals surface area (Å²) in [6.45, 7) is 1.86. The minimum atomic E-state index is -1.07. The third-order valence-corrected chi connectivity index (χ3v) is 3.53. The Morgan fingerprint density at radius 1 is 1.11 bits per heavy atom. The van der Waals surface area contributed by atoms with Gasteiger partial charge in [-0.1, -0.05) is 19.8 Å². The quantitative estimate of drug-likeness (QED) is 0.757. The van der Waals surface area contributed by atoms with Gasteiger partial charge in [0, 0.05) is 6.54 Å². The van der Waals surface area contributed by atoms with Gasteiger partial charge < -0.3 is 15.1 Å². The lowest BCUT2D eigenvalue weighted by Gasteiger charge is -2.32. The maximum atomic E-state index is 12.3. The number of carboxylic acids is 2. The average molecular weight is 271 g/mol. The van der Waals surface area contributed by atoms with Crippen LogP contribution in [0, 0.1) is 11.8 Å². The molecule has 6 nitrogen and oxygen atoms in total. The van der Waals surface area contributed by atoms with E-state index in [4.69, 9.17) is 10.2 Å². The molecule has 0 aromatic rings. The van der Waals surface area contributed by atoms with Crippen molar-refractivity contribution in [2.75, 3.05) is 13.1 Å². The van der Waals surface area contributed by atoms with Crippen molar-refractivity contribution in [1.29, 1.82) is 0 Å². The van der Waals surface area contributed by atoms with Crippen molar-refractivity contribution in [3.05, 3.63) is 0 Å². The van der Waals surface area contributed by atoms with Crippen molar-refractivity contribution in [3.8, 4) is 0 Å². The zero-order valence-electron chi connectivity index (χ0n) is 11.2. The number of amides is 1. The number of carboxylic acid groups (broad SMARTS) is 2. The number of hydrogen-bond acceptors (Lipinski definition) is 3. The van der Waals surface area contributed by atoms with Crippen LogP contribution in [0.3, 0.4) is 0 Å². The average Bonchev–Trinajstić information content (AvgIpc) is 2.37. The van der Waals surface area contributed by atoms with Gasteiger partial charge in [-0.05, 0) is 19.3 Å². The van der Waals surface area contributed by atoms with Gasteiger partial charge in [-0.15, -0.1) is 0 Å². The van der Waals surface area contributed by atoms with E-state index in [2.05, 4.69) is 0 Å². The second-order valence-electron chi connectivity index (χ2n) is 4.99. The number of carbonyl (C=O) groups is 3. The van der Waals surface area contributed by atoms with Crippen LogP contribution in [0.2, 0.25) is 0 Å². The van der Waals surface area contributed by atoms with Crippen LogP contribution in [0.4, 0.5) is 0 Å². The third-order valence-electron chi connectivity index (χ3n) is 3.53. The molecule has 6 heteroatoms. The molecule has 2 unspecified atom stereocenters. The second kappa shape index (κ2) is 7.11. The smallest absolute Gasteiger partial charge is 0.323 e. The molecule has 1 saturated carbocycles. The lowest BCUT2D eigenvalue weighted by atomic mass is 9.78. The van der Waals surface area contributed by atoms with E-state index in [1.807, 2.05) is 6.92 Å². The summed E-state index contributed by atoms with van der Waals surface area (Å²) in [7, 11) is 0. The van der Waals surface area contributed by atoms with Crippen LogP contribution in [0.5, 0.6) is 0 Å². The Bertz CT molecular complexity index is 355. The van der Waals surface area contributed by atoms with Crippen LogP contribution in [-0.4, -0.2) is 46.0 Å². The number of nitrogens with zero attached hydrogens (tertiary/aromatic N) is 1. The fourth-order valence-electron chi connectivity index (χ4n) is 2.66. The maximum absolute atomic E-state index is 12.3. The summed E-state index contributed by atoms with van der Waals surface area (Å²) < 4.78 is 0. The van der Waals surface area contributed by atoms with Crippen molar-refractivity contribution < 1.29 is 24.6 Å². The Kier molecular flexibility index (Phi) is 5.79. The minimum absolute atomic E-state index is 0.323. The SMILES string of the molecule is CCCN(CC(=O)O)C(=O)C1CCCCC1C(=O)O. The summed E-state index contributed by atoms with van der Waals surface area (Å²) in [5.74, 6) is -3.59. The number of aliphatic carboxylic acids is 2. The van der Waals surface area contributed by atoms with Gasteiger partial charge in [0.25, 0.3) is 0 Å². The summed E-state index contributed by atoms with van der Waals surface area (Å²) in [6, 6.07) is 0. The van der Waals surface area contributed by atoms with Gasteiger partial charge in [0.2, 0.25) is 5.91 Å². The molecule has 0 aliphatic heterocycles. The number of hydrogen-bond donors (Lipinski definition) is 2. The first-order valence-electron chi connectivity index (χ1n) is 6.70. The fourth-order valence-corrected chi connectivity index (χ4v) is 2.66. The summed E-state index contributed by atoms with van der Waals surface area (Å²) in [5.41, 5.74) is 0. The zero-order valence-corrected chi connectivity index (χ0v) is 11.2. The van der Waals surface area contributed by atoms with Crippen LogP contribution in [-0.2, 0) is 14.4 Å². The van der Waals surface area contributed by atoms with Gasteiger partial charge in [-0.25, -0.2) is 0 Å². The van der Waals surface area contributed by atoms with Crippen molar-refractivity contribution >= 4 is 17.8 Å². The van der Waals surface area contributed by atoms with Gasteiger partial charge in [-0.2, -0.15) is 0 Å². The van der Waals surface area contributed by atoms with Crippen LogP contribution < -0.4 is 0 Å². The van der Waals surface area contributed by atoms with Gasteiger partial charge in [0.05, 0.1) is 11.8 Å². The molecular formula is C13H21NO5. The molecule has 0 saturated heterocycles. The molecule has 0 radical (unpaired) electrons. The van der Waals surface area contributed by atoms with E-state index in [1.54, 1.807) is 0 Å². The summed E-state index contributed by atoms with van der Waals surface area (Å²) in [6.07, 6.45) is 3.33. The Hall–Kier alpha value is -1.59. The van der Waals surface area contributed by atoms with Gasteiger partial charge in [-0.3, -0.25) is 14.4 Å². The van der Waals surface area contributed by atoms with Crippen molar-refractivity contribution in [3.63, 3.8) is 0 Å². The van der Waals surface area contributed by atoms with E-state index in [9.17, 15) is 14.4 Å². The normalized spacial score (nSPS) is 22.8. The topological polar surface area (TPSA) is 94.9 Å². The van der Waals surface area contributed by atoms with Crippen molar-refractivity contribution in [2.45, 2.75) is 39.0 Å². The molecular weight excluding hydrogens is 250 g/mol. The predicted molar refractivity (Wildman–Crippen MR) is 67.6 cm³/mol. The number of rotatable bonds is 6. The van der Waals surface area contributed by atoms with E-state index >= 15 is 0 Å². The molecule has 0 bridgehead atoms. The third kappa shape index (κ3) is 4.22. The van der Waals surface area contributed by atoms with Crippen molar-refractivity contribution in [2.24, 2.45) is 11.8 Å². The molecule has 0 spiro atoms. The first-order valence-corrected chi connectivity index (χ1v) is 6.70. The molecule has 1 rings (SSSR count). The van der Waals surface area contributed by atoms with Crippen LogP contribution in [0.15, 0.2) is 0 Å². The largest absolute Gasteiger partial charge is 0.481 e. The predicted octanol–water partition coefficient (Wildman–Crippen LogP) is 1.20. The molecule has 2 atom stereocenters. The highest BCUT2D eigenvalue weighted by atomic mass is 16.4. The molecule has 108 valence electrons. The van der Waals surface area contributed by atoms with Gasteiger partial charge >= 0.3 is 11.9 Å².